The number of carbonyl (C=O) groups is 3. The maximum atomic E-state index is 12.5. The third-order valence-electron chi connectivity index (χ3n) is 5.80. The van der Waals surface area contributed by atoms with Crippen molar-refractivity contribution in [3.05, 3.63) is 75.7 Å². The Morgan fingerprint density at radius 2 is 1.74 bits per heavy atom. The first kappa shape index (κ1) is 23.4. The van der Waals surface area contributed by atoms with E-state index in [9.17, 15) is 14.4 Å². The number of amides is 2. The van der Waals surface area contributed by atoms with E-state index in [1.807, 2.05) is 31.2 Å². The van der Waals surface area contributed by atoms with Gasteiger partial charge in [0, 0.05) is 23.8 Å². The Bertz CT molecular complexity index is 1160. The molecule has 3 N–H and O–H groups in total. The Morgan fingerprint density at radius 3 is 2.32 bits per heavy atom. The highest BCUT2D eigenvalue weighted by atomic mass is 32.1. The number of hydrogen-bond donors (Lipinski definition) is 3. The summed E-state index contributed by atoms with van der Waals surface area (Å²) in [5, 5.41) is 16.3. The molecule has 0 saturated heterocycles. The van der Waals surface area contributed by atoms with Crippen LogP contribution in [0.15, 0.2) is 53.9 Å². The van der Waals surface area contributed by atoms with Gasteiger partial charge in [-0.3, -0.25) is 4.79 Å². The van der Waals surface area contributed by atoms with Crippen LogP contribution in [0.3, 0.4) is 0 Å². The van der Waals surface area contributed by atoms with Crippen LogP contribution in [0.1, 0.15) is 52.3 Å². The van der Waals surface area contributed by atoms with E-state index in [4.69, 9.17) is 9.84 Å². The predicted molar refractivity (Wildman–Crippen MR) is 128 cm³/mol. The second-order valence-corrected chi connectivity index (χ2v) is 8.93. The number of ether oxygens (including phenoxy) is 1. The SMILES string of the molecule is CCC(CC(=O)NCc1nc(C(=O)O)cs1)NC(=O)OCC1c2ccccc2-c2ccccc21. The van der Waals surface area contributed by atoms with Gasteiger partial charge in [-0.1, -0.05) is 55.5 Å². The van der Waals surface area contributed by atoms with E-state index < -0.39 is 12.1 Å². The fourth-order valence-corrected chi connectivity index (χ4v) is 4.77. The lowest BCUT2D eigenvalue weighted by Gasteiger charge is -2.18. The topological polar surface area (TPSA) is 118 Å². The van der Waals surface area contributed by atoms with Crippen molar-refractivity contribution < 1.29 is 24.2 Å². The van der Waals surface area contributed by atoms with Gasteiger partial charge in [-0.15, -0.1) is 11.3 Å². The van der Waals surface area contributed by atoms with Crippen LogP contribution in [0.25, 0.3) is 11.1 Å². The van der Waals surface area contributed by atoms with E-state index in [1.165, 1.54) is 16.7 Å². The normalized spacial score (nSPS) is 13.0. The lowest BCUT2D eigenvalue weighted by atomic mass is 9.98. The molecule has 3 aromatic rings. The van der Waals surface area contributed by atoms with Gasteiger partial charge in [0.05, 0.1) is 6.54 Å². The monoisotopic (exact) mass is 479 g/mol. The number of nitrogens with one attached hydrogen (secondary N) is 2. The summed E-state index contributed by atoms with van der Waals surface area (Å²) >= 11 is 1.17. The molecule has 1 unspecified atom stereocenters. The van der Waals surface area contributed by atoms with Crippen molar-refractivity contribution in [3.8, 4) is 11.1 Å². The molecule has 8 nitrogen and oxygen atoms in total. The van der Waals surface area contributed by atoms with Gasteiger partial charge in [0.2, 0.25) is 5.91 Å². The Hall–Kier alpha value is -3.72. The van der Waals surface area contributed by atoms with Crippen molar-refractivity contribution in [2.24, 2.45) is 0 Å². The number of benzene rings is 2. The van der Waals surface area contributed by atoms with Crippen LogP contribution in [-0.4, -0.2) is 40.7 Å². The zero-order valence-electron chi connectivity index (χ0n) is 18.6. The summed E-state index contributed by atoms with van der Waals surface area (Å²) in [5.74, 6) is -1.40. The summed E-state index contributed by atoms with van der Waals surface area (Å²) in [5.41, 5.74) is 4.54. The molecule has 1 aliphatic carbocycles. The Balaban J connectivity index is 1.28. The van der Waals surface area contributed by atoms with Gasteiger partial charge < -0.3 is 20.5 Å². The van der Waals surface area contributed by atoms with E-state index in [1.54, 1.807) is 0 Å². The largest absolute Gasteiger partial charge is 0.476 e. The number of carbonyl (C=O) groups excluding carboxylic acids is 2. The number of hydrogen-bond acceptors (Lipinski definition) is 6. The van der Waals surface area contributed by atoms with E-state index in [0.29, 0.717) is 11.4 Å². The molecule has 34 heavy (non-hydrogen) atoms. The van der Waals surface area contributed by atoms with Crippen molar-refractivity contribution in [1.29, 1.82) is 0 Å². The minimum Gasteiger partial charge on any atom is -0.476 e. The lowest BCUT2D eigenvalue weighted by molar-refractivity contribution is -0.121. The molecule has 0 bridgehead atoms. The predicted octanol–water partition coefficient (Wildman–Crippen LogP) is 4.16. The number of aromatic carboxylic acids is 1. The molecule has 1 aliphatic rings. The molecule has 0 saturated carbocycles. The van der Waals surface area contributed by atoms with Crippen LogP contribution in [0, 0.1) is 0 Å². The number of alkyl carbamates (subject to hydrolysis) is 1. The maximum Gasteiger partial charge on any atom is 0.407 e. The van der Waals surface area contributed by atoms with Gasteiger partial charge in [-0.25, -0.2) is 14.6 Å². The molecule has 4 rings (SSSR count). The summed E-state index contributed by atoms with van der Waals surface area (Å²) in [4.78, 5) is 39.6. The highest BCUT2D eigenvalue weighted by Gasteiger charge is 2.29. The molecule has 9 heteroatoms. The van der Waals surface area contributed by atoms with Gasteiger partial charge in [0.15, 0.2) is 5.69 Å². The number of fused-ring (bicyclic) bond motifs is 3. The smallest absolute Gasteiger partial charge is 0.407 e. The fourth-order valence-electron chi connectivity index (χ4n) is 4.06. The minimum atomic E-state index is -1.10. The van der Waals surface area contributed by atoms with Crippen molar-refractivity contribution in [3.63, 3.8) is 0 Å². The van der Waals surface area contributed by atoms with Crippen molar-refractivity contribution >= 4 is 29.3 Å². The molecule has 0 spiro atoms. The number of carboxylic acid groups (broad SMARTS) is 1. The zero-order chi connectivity index (χ0) is 24.1. The molecule has 0 radical (unpaired) electrons. The third-order valence-corrected chi connectivity index (χ3v) is 6.65. The molecule has 2 aromatic carbocycles. The molecular weight excluding hydrogens is 454 g/mol. The number of thiazole rings is 1. The quantitative estimate of drug-likeness (QED) is 0.424. The van der Waals surface area contributed by atoms with Gasteiger partial charge in [-0.05, 0) is 28.7 Å². The molecule has 1 heterocycles. The van der Waals surface area contributed by atoms with Gasteiger partial charge in [0.25, 0.3) is 0 Å². The molecule has 0 aliphatic heterocycles. The number of rotatable bonds is 9. The van der Waals surface area contributed by atoms with Crippen molar-refractivity contribution in [2.45, 2.75) is 38.3 Å². The van der Waals surface area contributed by atoms with Gasteiger partial charge in [0.1, 0.15) is 11.6 Å². The highest BCUT2D eigenvalue weighted by molar-refractivity contribution is 7.09. The number of nitrogens with zero attached hydrogens (tertiary/aromatic N) is 1. The standard InChI is InChI=1S/C25H25N3O5S/c1-2-15(11-22(29)26-12-23-28-21(14-34-23)24(30)31)27-25(32)33-13-20-18-9-5-3-7-16(18)17-8-4-6-10-19(17)20/h3-10,14-15,20H,2,11-13H2,1H3,(H,26,29)(H,27,32)(H,30,31). The van der Waals surface area contributed by atoms with Gasteiger partial charge in [-0.2, -0.15) is 0 Å². The number of carboxylic acids is 1. The van der Waals surface area contributed by atoms with Crippen LogP contribution >= 0.6 is 11.3 Å². The average Bonchev–Trinajstić information content (AvgIpc) is 3.44. The van der Waals surface area contributed by atoms with Crippen LogP contribution < -0.4 is 10.6 Å². The third kappa shape index (κ3) is 5.26. The number of aromatic nitrogens is 1. The highest BCUT2D eigenvalue weighted by Crippen LogP contribution is 2.44. The average molecular weight is 480 g/mol. The first-order valence-electron chi connectivity index (χ1n) is 11.0. The lowest BCUT2D eigenvalue weighted by Crippen LogP contribution is -2.39. The van der Waals surface area contributed by atoms with Crippen molar-refractivity contribution in [1.82, 2.24) is 15.6 Å². The summed E-state index contributed by atoms with van der Waals surface area (Å²) in [7, 11) is 0. The molecule has 176 valence electrons. The summed E-state index contributed by atoms with van der Waals surface area (Å²) in [6.45, 7) is 2.22. The molecular formula is C25H25N3O5S. The summed E-state index contributed by atoms with van der Waals surface area (Å²) in [6, 6.07) is 15.9. The zero-order valence-corrected chi connectivity index (χ0v) is 19.4. The second kappa shape index (κ2) is 10.5. The first-order chi connectivity index (χ1) is 16.5. The second-order valence-electron chi connectivity index (χ2n) is 7.99. The van der Waals surface area contributed by atoms with Crippen LogP contribution in [0.5, 0.6) is 0 Å². The molecule has 1 aromatic heterocycles. The summed E-state index contributed by atoms with van der Waals surface area (Å²) in [6.07, 6.45) is 0.0723. The molecule has 1 atom stereocenters. The maximum absolute atomic E-state index is 12.5. The Labute approximate surface area is 201 Å². The van der Waals surface area contributed by atoms with Crippen LogP contribution in [-0.2, 0) is 16.1 Å². The van der Waals surface area contributed by atoms with Crippen LogP contribution in [0.2, 0.25) is 0 Å². The van der Waals surface area contributed by atoms with Gasteiger partial charge >= 0.3 is 12.1 Å². The first-order valence-corrected chi connectivity index (χ1v) is 11.9. The molecule has 0 fully saturated rings. The van der Waals surface area contributed by atoms with E-state index in [-0.39, 0.29) is 43.1 Å². The van der Waals surface area contributed by atoms with Crippen LogP contribution in [0.4, 0.5) is 4.79 Å². The Kier molecular flexibility index (Phi) is 7.22. The summed E-state index contributed by atoms with van der Waals surface area (Å²) < 4.78 is 5.56. The van der Waals surface area contributed by atoms with E-state index in [2.05, 4.69) is 39.9 Å². The van der Waals surface area contributed by atoms with E-state index in [0.717, 1.165) is 22.3 Å². The molecule has 2 amide bonds. The minimum absolute atomic E-state index is 0.0319. The Morgan fingerprint density at radius 1 is 1.09 bits per heavy atom. The van der Waals surface area contributed by atoms with E-state index >= 15 is 0 Å². The van der Waals surface area contributed by atoms with Crippen molar-refractivity contribution in [2.75, 3.05) is 6.61 Å². The fraction of sp³-hybridized carbons (Fsp3) is 0.280.